The van der Waals surface area contributed by atoms with E-state index in [1.807, 2.05) is 68.4 Å². The Balaban J connectivity index is 1.27. The van der Waals surface area contributed by atoms with Crippen LogP contribution in [0, 0.1) is 6.92 Å². The average Bonchev–Trinajstić information content (AvgIpc) is 3.00. The van der Waals surface area contributed by atoms with E-state index >= 15 is 0 Å². The summed E-state index contributed by atoms with van der Waals surface area (Å²) in [7, 11) is -3.55. The normalized spacial score (nSPS) is 12.0. The highest BCUT2D eigenvalue weighted by Crippen LogP contribution is 2.22. The number of sulfonamides is 1. The van der Waals surface area contributed by atoms with Crippen LogP contribution in [0.15, 0.2) is 108 Å². The second kappa shape index (κ2) is 14.3. The number of aryl methyl sites for hydroxylation is 1. The molecule has 4 rings (SSSR count). The molecule has 0 aliphatic heterocycles. The summed E-state index contributed by atoms with van der Waals surface area (Å²) in [5, 5.41) is 6.91. The van der Waals surface area contributed by atoms with Crippen LogP contribution in [0.4, 0.5) is 5.69 Å². The highest BCUT2D eigenvalue weighted by Gasteiger charge is 2.18. The van der Waals surface area contributed by atoms with Crippen molar-refractivity contribution in [2.24, 2.45) is 5.10 Å². The first kappa shape index (κ1) is 31.0. The predicted octanol–water partition coefficient (Wildman–Crippen LogP) is 4.98. The van der Waals surface area contributed by atoms with Gasteiger partial charge in [0.1, 0.15) is 5.75 Å². The van der Waals surface area contributed by atoms with E-state index in [1.165, 1.54) is 10.5 Å². The van der Waals surface area contributed by atoms with E-state index < -0.39 is 15.9 Å². The van der Waals surface area contributed by atoms with Gasteiger partial charge in [0, 0.05) is 5.56 Å². The molecule has 0 aromatic heterocycles. The zero-order valence-corrected chi connectivity index (χ0v) is 25.0. The van der Waals surface area contributed by atoms with E-state index in [2.05, 4.69) is 15.8 Å². The van der Waals surface area contributed by atoms with E-state index in [-0.39, 0.29) is 25.1 Å². The fraction of sp³-hybridized carbons (Fsp3) is 0.182. The lowest BCUT2D eigenvalue weighted by molar-refractivity contribution is -0.123. The molecule has 0 bridgehead atoms. The summed E-state index contributed by atoms with van der Waals surface area (Å²) in [5.74, 6) is -0.148. The van der Waals surface area contributed by atoms with Gasteiger partial charge in [-0.2, -0.15) is 5.10 Å². The molecule has 0 aliphatic carbocycles. The molecular weight excluding hydrogens is 564 g/mol. The van der Waals surface area contributed by atoms with Crippen LogP contribution >= 0.6 is 0 Å². The van der Waals surface area contributed by atoms with Gasteiger partial charge in [0.25, 0.3) is 11.8 Å². The highest BCUT2D eigenvalue weighted by atomic mass is 32.2. The average molecular weight is 599 g/mol. The van der Waals surface area contributed by atoms with E-state index in [9.17, 15) is 18.0 Å². The Kier molecular flexibility index (Phi) is 10.3. The maximum absolute atomic E-state index is 12.6. The lowest BCUT2D eigenvalue weighted by Gasteiger charge is -2.22. The van der Waals surface area contributed by atoms with Gasteiger partial charge in [0.15, 0.2) is 6.61 Å². The molecule has 0 spiro atoms. The summed E-state index contributed by atoms with van der Waals surface area (Å²) >= 11 is 0. The van der Waals surface area contributed by atoms with Gasteiger partial charge in [-0.15, -0.1) is 0 Å². The van der Waals surface area contributed by atoms with Crippen LogP contribution in [0.1, 0.15) is 45.6 Å². The predicted molar refractivity (Wildman–Crippen MR) is 169 cm³/mol. The van der Waals surface area contributed by atoms with Crippen molar-refractivity contribution in [3.63, 3.8) is 0 Å². The van der Waals surface area contributed by atoms with E-state index in [4.69, 9.17) is 4.74 Å². The minimum atomic E-state index is -3.55. The number of nitrogens with zero attached hydrogens (tertiary/aromatic N) is 2. The molecule has 222 valence electrons. The topological polar surface area (TPSA) is 117 Å². The van der Waals surface area contributed by atoms with E-state index in [0.29, 0.717) is 22.6 Å². The fourth-order valence-corrected chi connectivity index (χ4v) is 5.06. The summed E-state index contributed by atoms with van der Waals surface area (Å²) in [6.07, 6.45) is 2.64. The SMILES string of the molecule is Cc1ccc(CN(c2ccc(C(=O)N/N=C\c3ccc(OCC(=O)N[C@@H](C)c4ccccc4)cc3)cc2)S(C)(=O)=O)cc1. The van der Waals surface area contributed by atoms with Gasteiger partial charge < -0.3 is 10.1 Å². The minimum absolute atomic E-state index is 0.118. The molecule has 0 aliphatic rings. The number of ether oxygens (including phenoxy) is 1. The monoisotopic (exact) mass is 598 g/mol. The Bertz CT molecular complexity index is 1660. The molecule has 0 radical (unpaired) electrons. The van der Waals surface area contributed by atoms with E-state index in [1.54, 1.807) is 48.5 Å². The summed E-state index contributed by atoms with van der Waals surface area (Å²) < 4.78 is 31.8. The van der Waals surface area contributed by atoms with Crippen molar-refractivity contribution in [1.29, 1.82) is 0 Å². The Hall–Kier alpha value is -4.96. The number of benzene rings is 4. The number of carbonyl (C=O) groups is 2. The number of nitrogens with one attached hydrogen (secondary N) is 2. The van der Waals surface area contributed by atoms with Gasteiger partial charge in [0.2, 0.25) is 10.0 Å². The molecule has 2 N–H and O–H groups in total. The summed E-state index contributed by atoms with van der Waals surface area (Å²) in [6, 6.07) is 30.4. The summed E-state index contributed by atoms with van der Waals surface area (Å²) in [5.41, 5.74) is 6.92. The van der Waals surface area contributed by atoms with Crippen molar-refractivity contribution in [3.05, 3.63) is 131 Å². The van der Waals surface area contributed by atoms with Gasteiger partial charge in [-0.1, -0.05) is 60.2 Å². The zero-order valence-electron chi connectivity index (χ0n) is 24.2. The van der Waals surface area contributed by atoms with Crippen LogP contribution in [0.25, 0.3) is 0 Å². The van der Waals surface area contributed by atoms with Crippen molar-refractivity contribution in [3.8, 4) is 5.75 Å². The molecule has 43 heavy (non-hydrogen) atoms. The quantitative estimate of drug-likeness (QED) is 0.176. The third kappa shape index (κ3) is 9.27. The maximum atomic E-state index is 12.6. The number of hydrazone groups is 1. The van der Waals surface area contributed by atoms with E-state index in [0.717, 1.165) is 22.9 Å². The molecule has 9 nitrogen and oxygen atoms in total. The van der Waals surface area contributed by atoms with Crippen LogP contribution in [0.5, 0.6) is 5.75 Å². The third-order valence-corrected chi connectivity index (χ3v) is 7.71. The van der Waals surface area contributed by atoms with Gasteiger partial charge in [-0.25, -0.2) is 13.8 Å². The number of amides is 2. The molecule has 0 saturated heterocycles. The van der Waals surface area contributed by atoms with Crippen LogP contribution in [0.3, 0.4) is 0 Å². The second-order valence-corrected chi connectivity index (χ2v) is 12.0. The molecule has 0 saturated carbocycles. The van der Waals surface area contributed by atoms with Crippen LogP contribution < -0.4 is 19.8 Å². The molecule has 0 unspecified atom stereocenters. The molecular formula is C33H34N4O5S. The lowest BCUT2D eigenvalue weighted by Crippen LogP contribution is -2.31. The zero-order chi connectivity index (χ0) is 30.8. The lowest BCUT2D eigenvalue weighted by atomic mass is 10.1. The molecule has 4 aromatic rings. The number of hydrogen-bond acceptors (Lipinski definition) is 6. The Morgan fingerprint density at radius 2 is 1.56 bits per heavy atom. The largest absolute Gasteiger partial charge is 0.484 e. The van der Waals surface area contributed by atoms with Crippen molar-refractivity contribution < 1.29 is 22.7 Å². The summed E-state index contributed by atoms with van der Waals surface area (Å²) in [6.45, 7) is 3.94. The number of anilines is 1. The van der Waals surface area contributed by atoms with Crippen molar-refractivity contribution in [2.75, 3.05) is 17.2 Å². The van der Waals surface area contributed by atoms with Gasteiger partial charge >= 0.3 is 0 Å². The second-order valence-electron chi connectivity index (χ2n) is 10.1. The third-order valence-electron chi connectivity index (χ3n) is 6.57. The Morgan fingerprint density at radius 3 is 2.19 bits per heavy atom. The van der Waals surface area contributed by atoms with Gasteiger partial charge in [-0.3, -0.25) is 13.9 Å². The first-order chi connectivity index (χ1) is 20.6. The van der Waals surface area contributed by atoms with Crippen molar-refractivity contribution in [2.45, 2.75) is 26.4 Å². The standard InChI is InChI=1S/C33H34N4O5S/c1-24-9-11-27(12-10-24)22-37(43(3,40)41)30-17-15-29(16-18-30)33(39)36-34-21-26-13-19-31(20-14-26)42-23-32(38)35-25(2)28-7-5-4-6-8-28/h4-21,25H,22-23H2,1-3H3,(H,35,38)(H,36,39)/b34-21-/t25-/m0/s1. The van der Waals surface area contributed by atoms with Crippen LogP contribution in [-0.2, 0) is 21.4 Å². The van der Waals surface area contributed by atoms with Gasteiger partial charge in [0.05, 0.1) is 30.7 Å². The van der Waals surface area contributed by atoms with Crippen molar-refractivity contribution >= 4 is 33.7 Å². The summed E-state index contributed by atoms with van der Waals surface area (Å²) in [4.78, 5) is 24.8. The maximum Gasteiger partial charge on any atom is 0.271 e. The molecule has 1 atom stereocenters. The van der Waals surface area contributed by atoms with Crippen LogP contribution in [-0.4, -0.2) is 39.3 Å². The Morgan fingerprint density at radius 1 is 0.907 bits per heavy atom. The number of rotatable bonds is 12. The first-order valence-corrected chi connectivity index (χ1v) is 15.5. The molecule has 10 heteroatoms. The highest BCUT2D eigenvalue weighted by molar-refractivity contribution is 7.92. The van der Waals surface area contributed by atoms with Crippen LogP contribution in [0.2, 0.25) is 0 Å². The minimum Gasteiger partial charge on any atom is -0.484 e. The van der Waals surface area contributed by atoms with Gasteiger partial charge in [-0.05, 0) is 79.1 Å². The fourth-order valence-electron chi connectivity index (χ4n) is 4.18. The number of carbonyl (C=O) groups excluding carboxylic acids is 2. The molecule has 4 aromatic carbocycles. The molecule has 0 heterocycles. The van der Waals surface area contributed by atoms with Crippen molar-refractivity contribution in [1.82, 2.24) is 10.7 Å². The Labute approximate surface area is 252 Å². The number of hydrogen-bond donors (Lipinski definition) is 2. The molecule has 0 fully saturated rings. The molecule has 2 amide bonds. The smallest absolute Gasteiger partial charge is 0.271 e. The first-order valence-electron chi connectivity index (χ1n) is 13.6.